The van der Waals surface area contributed by atoms with Crippen molar-refractivity contribution in [3.63, 3.8) is 0 Å². The molecule has 10 heteroatoms. The average Bonchev–Trinajstić information content (AvgIpc) is 2.62. The zero-order chi connectivity index (χ0) is 19.8. The van der Waals surface area contributed by atoms with Crippen LogP contribution in [0.2, 0.25) is 0 Å². The Kier molecular flexibility index (Phi) is 5.15. The monoisotopic (exact) mass is 415 g/mol. The first-order chi connectivity index (χ1) is 12.6. The standard InChI is InChI=1S/C17H15F2NO5S2/c18-12-5-7-13(8-6-12)27(24,25)20-10-9-15(21)17(11-20)26(22,23)16-4-2-1-3-14(16)19/h1-8,17H,9-11H2. The number of benzene rings is 2. The summed E-state index contributed by atoms with van der Waals surface area (Å²) in [6.45, 7) is -0.836. The second-order valence-electron chi connectivity index (χ2n) is 6.00. The highest BCUT2D eigenvalue weighted by Crippen LogP contribution is 2.27. The third-order valence-corrected chi connectivity index (χ3v) is 8.29. The molecule has 0 amide bonds. The first kappa shape index (κ1) is 19.6. The van der Waals surface area contributed by atoms with Crippen LogP contribution in [0, 0.1) is 11.6 Å². The third kappa shape index (κ3) is 3.64. The van der Waals surface area contributed by atoms with Crippen LogP contribution in [0.25, 0.3) is 0 Å². The maximum atomic E-state index is 13.9. The fourth-order valence-electron chi connectivity index (χ4n) is 2.85. The number of piperidine rings is 1. The van der Waals surface area contributed by atoms with Crippen molar-refractivity contribution in [3.8, 4) is 0 Å². The predicted octanol–water partition coefficient (Wildman–Crippen LogP) is 1.77. The first-order valence-electron chi connectivity index (χ1n) is 7.91. The number of sulfone groups is 1. The number of carbonyl (C=O) groups is 1. The Labute approximate surface area is 155 Å². The van der Waals surface area contributed by atoms with Crippen LogP contribution in [0.4, 0.5) is 8.78 Å². The summed E-state index contributed by atoms with van der Waals surface area (Å²) in [4.78, 5) is 11.3. The van der Waals surface area contributed by atoms with Crippen molar-refractivity contribution in [3.05, 3.63) is 60.2 Å². The molecular weight excluding hydrogens is 400 g/mol. The number of sulfonamides is 1. The summed E-state index contributed by atoms with van der Waals surface area (Å²) in [7, 11) is -8.55. The van der Waals surface area contributed by atoms with Gasteiger partial charge in [0.25, 0.3) is 0 Å². The first-order valence-corrected chi connectivity index (χ1v) is 10.9. The van der Waals surface area contributed by atoms with E-state index in [-0.39, 0.29) is 17.9 Å². The van der Waals surface area contributed by atoms with Gasteiger partial charge in [-0.25, -0.2) is 25.6 Å². The third-order valence-electron chi connectivity index (χ3n) is 4.31. The molecule has 27 heavy (non-hydrogen) atoms. The van der Waals surface area contributed by atoms with E-state index in [1.165, 1.54) is 12.1 Å². The number of Topliss-reactive ketones (excluding diaryl/α,β-unsaturated/α-hetero) is 1. The molecule has 2 aromatic rings. The summed E-state index contributed by atoms with van der Waals surface area (Å²) < 4.78 is 78.7. The van der Waals surface area contributed by atoms with E-state index in [4.69, 9.17) is 0 Å². The number of halogens is 2. The molecule has 1 atom stereocenters. The molecular formula is C17H15F2NO5S2. The highest BCUT2D eigenvalue weighted by atomic mass is 32.2. The van der Waals surface area contributed by atoms with Crippen molar-refractivity contribution in [2.75, 3.05) is 13.1 Å². The molecule has 144 valence electrons. The van der Waals surface area contributed by atoms with E-state index in [1.54, 1.807) is 0 Å². The molecule has 6 nitrogen and oxygen atoms in total. The molecule has 0 aromatic heterocycles. The minimum atomic E-state index is -4.41. The second-order valence-corrected chi connectivity index (χ2v) is 10.0. The molecule has 1 aliphatic heterocycles. The lowest BCUT2D eigenvalue weighted by Gasteiger charge is -2.30. The summed E-state index contributed by atoms with van der Waals surface area (Å²) in [6.07, 6.45) is -0.321. The van der Waals surface area contributed by atoms with Gasteiger partial charge in [-0.05, 0) is 36.4 Å². The van der Waals surface area contributed by atoms with Gasteiger partial charge in [0.2, 0.25) is 10.0 Å². The number of hydrogen-bond donors (Lipinski definition) is 0. The lowest BCUT2D eigenvalue weighted by molar-refractivity contribution is -0.120. The zero-order valence-electron chi connectivity index (χ0n) is 13.9. The number of nitrogens with zero attached hydrogens (tertiary/aromatic N) is 1. The van der Waals surface area contributed by atoms with E-state index in [9.17, 15) is 30.4 Å². The Hall–Kier alpha value is -2.17. The van der Waals surface area contributed by atoms with Gasteiger partial charge in [0.1, 0.15) is 21.8 Å². The Morgan fingerprint density at radius 2 is 1.56 bits per heavy atom. The van der Waals surface area contributed by atoms with Crippen molar-refractivity contribution >= 4 is 25.6 Å². The molecule has 0 N–H and O–H groups in total. The Balaban J connectivity index is 1.96. The predicted molar refractivity (Wildman–Crippen MR) is 92.2 cm³/mol. The zero-order valence-corrected chi connectivity index (χ0v) is 15.5. The fourth-order valence-corrected chi connectivity index (χ4v) is 6.15. The normalized spacial score (nSPS) is 19.2. The summed E-state index contributed by atoms with van der Waals surface area (Å²) in [6, 6.07) is 8.66. The van der Waals surface area contributed by atoms with Gasteiger partial charge in [-0.2, -0.15) is 4.31 Å². The fraction of sp³-hybridized carbons (Fsp3) is 0.235. The van der Waals surface area contributed by atoms with Crippen molar-refractivity contribution in [2.45, 2.75) is 21.5 Å². The van der Waals surface area contributed by atoms with Crippen LogP contribution in [-0.4, -0.2) is 45.3 Å². The minimum absolute atomic E-state index is 0.207. The summed E-state index contributed by atoms with van der Waals surface area (Å²) >= 11 is 0. The van der Waals surface area contributed by atoms with E-state index in [0.29, 0.717) is 0 Å². The van der Waals surface area contributed by atoms with Crippen LogP contribution in [0.15, 0.2) is 58.3 Å². The summed E-state index contributed by atoms with van der Waals surface area (Å²) in [5, 5.41) is -1.71. The van der Waals surface area contributed by atoms with Gasteiger partial charge in [0, 0.05) is 19.5 Å². The van der Waals surface area contributed by atoms with Crippen LogP contribution in [0.3, 0.4) is 0 Å². The quantitative estimate of drug-likeness (QED) is 0.759. The van der Waals surface area contributed by atoms with E-state index in [2.05, 4.69) is 0 Å². The Bertz CT molecular complexity index is 1080. The molecule has 1 saturated heterocycles. The molecule has 3 rings (SSSR count). The van der Waals surface area contributed by atoms with Crippen LogP contribution in [-0.2, 0) is 24.7 Å². The van der Waals surface area contributed by atoms with Crippen molar-refractivity contribution in [1.82, 2.24) is 4.31 Å². The molecule has 0 saturated carbocycles. The largest absolute Gasteiger partial charge is 0.298 e. The van der Waals surface area contributed by atoms with E-state index in [1.807, 2.05) is 0 Å². The maximum Gasteiger partial charge on any atom is 0.243 e. The lowest BCUT2D eigenvalue weighted by atomic mass is 10.1. The maximum absolute atomic E-state index is 13.9. The highest BCUT2D eigenvalue weighted by Gasteiger charge is 2.42. The van der Waals surface area contributed by atoms with Crippen LogP contribution in [0.1, 0.15) is 6.42 Å². The molecule has 0 radical (unpaired) electrons. The molecule has 1 aliphatic rings. The summed E-state index contributed by atoms with van der Waals surface area (Å²) in [5.41, 5.74) is 0. The van der Waals surface area contributed by atoms with Gasteiger partial charge < -0.3 is 0 Å². The van der Waals surface area contributed by atoms with E-state index >= 15 is 0 Å². The SMILES string of the molecule is O=C1CCN(S(=O)(=O)c2ccc(F)cc2)CC1S(=O)(=O)c1ccccc1F. The van der Waals surface area contributed by atoms with Gasteiger partial charge in [-0.15, -0.1) is 0 Å². The number of carbonyl (C=O) groups excluding carboxylic acids is 1. The minimum Gasteiger partial charge on any atom is -0.298 e. The molecule has 1 fully saturated rings. The topological polar surface area (TPSA) is 88.6 Å². The number of rotatable bonds is 4. The van der Waals surface area contributed by atoms with Crippen LogP contribution in [0.5, 0.6) is 0 Å². The van der Waals surface area contributed by atoms with Gasteiger partial charge >= 0.3 is 0 Å². The number of ketones is 1. The number of hydrogen-bond acceptors (Lipinski definition) is 5. The Morgan fingerprint density at radius 1 is 0.926 bits per heavy atom. The molecule has 1 unspecified atom stereocenters. The van der Waals surface area contributed by atoms with Gasteiger partial charge in [0.15, 0.2) is 15.6 Å². The second kappa shape index (κ2) is 7.10. The Morgan fingerprint density at radius 3 is 2.19 bits per heavy atom. The molecule has 0 spiro atoms. The van der Waals surface area contributed by atoms with Gasteiger partial charge in [0.05, 0.1) is 4.90 Å². The lowest BCUT2D eigenvalue weighted by Crippen LogP contribution is -2.50. The van der Waals surface area contributed by atoms with Gasteiger partial charge in [-0.1, -0.05) is 12.1 Å². The van der Waals surface area contributed by atoms with Crippen molar-refractivity contribution in [1.29, 1.82) is 0 Å². The van der Waals surface area contributed by atoms with Crippen molar-refractivity contribution < 1.29 is 30.4 Å². The van der Waals surface area contributed by atoms with Crippen LogP contribution < -0.4 is 0 Å². The molecule has 0 aliphatic carbocycles. The molecule has 0 bridgehead atoms. The average molecular weight is 415 g/mol. The van der Waals surface area contributed by atoms with Crippen LogP contribution >= 0.6 is 0 Å². The summed E-state index contributed by atoms with van der Waals surface area (Å²) in [5.74, 6) is -2.31. The van der Waals surface area contributed by atoms with Crippen molar-refractivity contribution in [2.24, 2.45) is 0 Å². The highest BCUT2D eigenvalue weighted by molar-refractivity contribution is 7.93. The molecule has 1 heterocycles. The van der Waals surface area contributed by atoms with E-state index < -0.39 is 54.0 Å². The van der Waals surface area contributed by atoms with Gasteiger partial charge in [-0.3, -0.25) is 4.79 Å². The smallest absolute Gasteiger partial charge is 0.243 e. The van der Waals surface area contributed by atoms with E-state index in [0.717, 1.165) is 40.7 Å². The molecule has 2 aromatic carbocycles.